The molecule has 0 saturated carbocycles. The molecule has 2 rings (SSSR count). The summed E-state index contributed by atoms with van der Waals surface area (Å²) < 4.78 is 1.58. The van der Waals surface area contributed by atoms with Crippen LogP contribution < -0.4 is 11.1 Å². The third kappa shape index (κ3) is 2.19. The monoisotopic (exact) mass is 237 g/mol. The molecule has 0 atom stereocenters. The largest absolute Gasteiger partial charge is 0.397 e. The Bertz CT molecular complexity index is 503. The summed E-state index contributed by atoms with van der Waals surface area (Å²) in [5, 5.41) is 8.54. The third-order valence-electron chi connectivity index (χ3n) is 1.96. The second-order valence-electron chi connectivity index (χ2n) is 3.22. The van der Waals surface area contributed by atoms with Gasteiger partial charge in [0.1, 0.15) is 11.2 Å². The lowest BCUT2D eigenvalue weighted by Gasteiger charge is -2.00. The van der Waals surface area contributed by atoms with Crippen LogP contribution in [0.5, 0.6) is 0 Å². The van der Waals surface area contributed by atoms with E-state index in [0.29, 0.717) is 22.9 Å². The minimum absolute atomic E-state index is 0.194. The maximum absolute atomic E-state index is 11.7. The first-order valence-electron chi connectivity index (χ1n) is 4.62. The van der Waals surface area contributed by atoms with E-state index in [2.05, 4.69) is 15.4 Å². The van der Waals surface area contributed by atoms with Crippen molar-refractivity contribution < 1.29 is 4.79 Å². The summed E-state index contributed by atoms with van der Waals surface area (Å²) in [6, 6.07) is 1.71. The van der Waals surface area contributed by atoms with E-state index in [1.807, 2.05) is 0 Å². The number of hydrogen-bond acceptors (Lipinski definition) is 5. The minimum Gasteiger partial charge on any atom is -0.397 e. The van der Waals surface area contributed by atoms with Gasteiger partial charge in [0.25, 0.3) is 5.91 Å². The Hall–Kier alpha value is -1.89. The number of anilines is 1. The van der Waals surface area contributed by atoms with Crippen LogP contribution in [-0.2, 0) is 13.6 Å². The zero-order chi connectivity index (χ0) is 11.5. The number of aromatic nitrogens is 3. The Morgan fingerprint density at radius 1 is 1.69 bits per heavy atom. The van der Waals surface area contributed by atoms with Gasteiger partial charge in [0.2, 0.25) is 0 Å². The van der Waals surface area contributed by atoms with E-state index in [1.165, 1.54) is 11.3 Å². The Morgan fingerprint density at radius 2 is 2.50 bits per heavy atom. The summed E-state index contributed by atoms with van der Waals surface area (Å²) in [6.07, 6.45) is 1.58. The molecule has 0 bridgehead atoms. The lowest BCUT2D eigenvalue weighted by Crippen LogP contribution is -2.23. The average molecular weight is 237 g/mol. The molecule has 0 unspecified atom stereocenters. The van der Waals surface area contributed by atoms with E-state index in [0.717, 1.165) is 0 Å². The molecule has 0 aliphatic heterocycles. The Labute approximate surface area is 96.1 Å². The molecular formula is C9H11N5OS. The molecule has 6 nitrogen and oxygen atoms in total. The van der Waals surface area contributed by atoms with Gasteiger partial charge in [0.05, 0.1) is 12.2 Å². The molecule has 16 heavy (non-hydrogen) atoms. The fourth-order valence-corrected chi connectivity index (χ4v) is 1.94. The Balaban J connectivity index is 1.96. The van der Waals surface area contributed by atoms with Crippen molar-refractivity contribution in [1.82, 2.24) is 20.1 Å². The first-order chi connectivity index (χ1) is 7.66. The summed E-state index contributed by atoms with van der Waals surface area (Å²) in [4.78, 5) is 16.2. The smallest absolute Gasteiger partial charge is 0.263 e. The van der Waals surface area contributed by atoms with E-state index in [9.17, 15) is 4.79 Å². The number of amides is 1. The summed E-state index contributed by atoms with van der Waals surface area (Å²) >= 11 is 1.31. The molecule has 0 fully saturated rings. The number of nitrogens with one attached hydrogen (secondary N) is 1. The SMILES string of the molecule is Cn1cnc(CNC(=O)c2sccc2N)n1. The predicted molar refractivity (Wildman–Crippen MR) is 60.9 cm³/mol. The van der Waals surface area contributed by atoms with Gasteiger partial charge >= 0.3 is 0 Å². The summed E-state index contributed by atoms with van der Waals surface area (Å²) in [5.74, 6) is 0.380. The van der Waals surface area contributed by atoms with Crippen LogP contribution in [0.25, 0.3) is 0 Å². The minimum atomic E-state index is -0.194. The van der Waals surface area contributed by atoms with E-state index in [-0.39, 0.29) is 5.91 Å². The van der Waals surface area contributed by atoms with Gasteiger partial charge in [-0.25, -0.2) is 4.98 Å². The first kappa shape index (κ1) is 10.6. The first-order valence-corrected chi connectivity index (χ1v) is 5.50. The quantitative estimate of drug-likeness (QED) is 0.808. The van der Waals surface area contributed by atoms with Crippen molar-refractivity contribution in [3.05, 3.63) is 28.5 Å². The van der Waals surface area contributed by atoms with Crippen LogP contribution in [0.1, 0.15) is 15.5 Å². The van der Waals surface area contributed by atoms with Gasteiger partial charge < -0.3 is 11.1 Å². The number of carbonyl (C=O) groups excluding carboxylic acids is 1. The van der Waals surface area contributed by atoms with Crippen molar-refractivity contribution in [3.63, 3.8) is 0 Å². The van der Waals surface area contributed by atoms with Crippen molar-refractivity contribution in [2.24, 2.45) is 7.05 Å². The molecule has 84 valence electrons. The number of hydrogen-bond donors (Lipinski definition) is 2. The maximum Gasteiger partial charge on any atom is 0.263 e. The van der Waals surface area contributed by atoms with Crippen molar-refractivity contribution in [1.29, 1.82) is 0 Å². The molecule has 2 aromatic rings. The Kier molecular flexibility index (Phi) is 2.86. The fourth-order valence-electron chi connectivity index (χ4n) is 1.21. The van der Waals surface area contributed by atoms with E-state index >= 15 is 0 Å². The zero-order valence-electron chi connectivity index (χ0n) is 8.67. The van der Waals surface area contributed by atoms with Crippen molar-refractivity contribution in [3.8, 4) is 0 Å². The van der Waals surface area contributed by atoms with Gasteiger partial charge in [-0.15, -0.1) is 11.3 Å². The molecule has 0 aliphatic rings. The lowest BCUT2D eigenvalue weighted by molar-refractivity contribution is 0.0954. The predicted octanol–water partition coefficient (Wildman–Crippen LogP) is 0.389. The number of aryl methyl sites for hydroxylation is 1. The van der Waals surface area contributed by atoms with Crippen molar-refractivity contribution in [2.75, 3.05) is 5.73 Å². The van der Waals surface area contributed by atoms with Crippen LogP contribution in [0.4, 0.5) is 5.69 Å². The van der Waals surface area contributed by atoms with E-state index < -0.39 is 0 Å². The molecule has 2 aromatic heterocycles. The molecular weight excluding hydrogens is 226 g/mol. The highest BCUT2D eigenvalue weighted by Gasteiger charge is 2.11. The van der Waals surface area contributed by atoms with Crippen LogP contribution in [-0.4, -0.2) is 20.7 Å². The van der Waals surface area contributed by atoms with E-state index in [4.69, 9.17) is 5.73 Å². The molecule has 0 aliphatic carbocycles. The molecule has 1 amide bonds. The van der Waals surface area contributed by atoms with Gasteiger partial charge in [0.15, 0.2) is 5.82 Å². The lowest BCUT2D eigenvalue weighted by atomic mass is 10.4. The summed E-state index contributed by atoms with van der Waals surface area (Å²) in [5.41, 5.74) is 6.13. The average Bonchev–Trinajstić information content (AvgIpc) is 2.84. The number of nitrogen functional groups attached to an aromatic ring is 1. The highest BCUT2D eigenvalue weighted by molar-refractivity contribution is 7.12. The van der Waals surface area contributed by atoms with E-state index in [1.54, 1.807) is 29.5 Å². The van der Waals surface area contributed by atoms with Crippen LogP contribution >= 0.6 is 11.3 Å². The van der Waals surface area contributed by atoms with Gasteiger partial charge in [-0.3, -0.25) is 9.48 Å². The van der Waals surface area contributed by atoms with Crippen LogP contribution in [0, 0.1) is 0 Å². The standard InChI is InChI=1S/C9H11N5OS/c1-14-5-12-7(13-14)4-11-9(15)8-6(10)2-3-16-8/h2-3,5H,4,10H2,1H3,(H,11,15). The maximum atomic E-state index is 11.7. The number of rotatable bonds is 3. The molecule has 0 saturated heterocycles. The Morgan fingerprint density at radius 3 is 3.06 bits per heavy atom. The highest BCUT2D eigenvalue weighted by atomic mass is 32.1. The van der Waals surface area contributed by atoms with Crippen molar-refractivity contribution in [2.45, 2.75) is 6.54 Å². The van der Waals surface area contributed by atoms with Gasteiger partial charge in [-0.1, -0.05) is 0 Å². The second kappa shape index (κ2) is 4.31. The molecule has 0 radical (unpaired) electrons. The number of thiophene rings is 1. The summed E-state index contributed by atoms with van der Waals surface area (Å²) in [7, 11) is 1.77. The third-order valence-corrected chi connectivity index (χ3v) is 2.88. The molecule has 2 heterocycles. The van der Waals surface area contributed by atoms with Crippen molar-refractivity contribution >= 4 is 22.9 Å². The molecule has 7 heteroatoms. The zero-order valence-corrected chi connectivity index (χ0v) is 9.49. The molecule has 3 N–H and O–H groups in total. The number of carbonyl (C=O) groups is 1. The van der Waals surface area contributed by atoms with Gasteiger partial charge in [-0.05, 0) is 11.4 Å². The normalized spacial score (nSPS) is 10.3. The van der Waals surface area contributed by atoms with Crippen LogP contribution in [0.3, 0.4) is 0 Å². The molecule has 0 spiro atoms. The van der Waals surface area contributed by atoms with Crippen LogP contribution in [0.2, 0.25) is 0 Å². The van der Waals surface area contributed by atoms with Gasteiger partial charge in [0, 0.05) is 7.05 Å². The highest BCUT2D eigenvalue weighted by Crippen LogP contribution is 2.18. The second-order valence-corrected chi connectivity index (χ2v) is 4.14. The fraction of sp³-hybridized carbons (Fsp3) is 0.222. The molecule has 0 aromatic carbocycles. The van der Waals surface area contributed by atoms with Gasteiger partial charge in [-0.2, -0.15) is 5.10 Å². The number of nitrogens with two attached hydrogens (primary N) is 1. The van der Waals surface area contributed by atoms with Crippen LogP contribution in [0.15, 0.2) is 17.8 Å². The number of nitrogens with zero attached hydrogens (tertiary/aromatic N) is 3. The summed E-state index contributed by atoms with van der Waals surface area (Å²) in [6.45, 7) is 0.303. The topological polar surface area (TPSA) is 85.8 Å².